The minimum Gasteiger partial charge on any atom is -0.497 e. The fourth-order valence-corrected chi connectivity index (χ4v) is 2.61. The minimum absolute atomic E-state index is 0.107. The number of nitrogens with two attached hydrogens (primary N) is 1. The van der Waals surface area contributed by atoms with E-state index in [1.54, 1.807) is 7.11 Å². The topological polar surface area (TPSA) is 56.5 Å². The Hall–Kier alpha value is -1.91. The van der Waals surface area contributed by atoms with Gasteiger partial charge in [0.05, 0.1) is 18.8 Å². The summed E-state index contributed by atoms with van der Waals surface area (Å²) in [5.74, 6) is 1.58. The maximum absolute atomic E-state index is 6.20. The van der Waals surface area contributed by atoms with E-state index in [0.29, 0.717) is 18.2 Å². The molecule has 21 heavy (non-hydrogen) atoms. The second-order valence-electron chi connectivity index (χ2n) is 4.94. The first-order chi connectivity index (χ1) is 10.2. The lowest BCUT2D eigenvalue weighted by molar-refractivity contribution is 0.287. The molecule has 2 aromatic carbocycles. The summed E-state index contributed by atoms with van der Waals surface area (Å²) in [5.41, 5.74) is 8.71. The lowest BCUT2D eigenvalue weighted by Gasteiger charge is -2.28. The van der Waals surface area contributed by atoms with Crippen LogP contribution in [0.5, 0.6) is 11.5 Å². The molecule has 0 saturated heterocycles. The second kappa shape index (κ2) is 5.84. The molecule has 3 rings (SSSR count). The zero-order chi connectivity index (χ0) is 14.8. The molecule has 2 aromatic rings. The smallest absolute Gasteiger partial charge is 0.144 e. The summed E-state index contributed by atoms with van der Waals surface area (Å²) in [7, 11) is 1.65. The van der Waals surface area contributed by atoms with Crippen LogP contribution in [0.1, 0.15) is 0 Å². The number of ether oxygens (including phenoxy) is 2. The average Bonchev–Trinajstić information content (AvgIpc) is 2.53. The van der Waals surface area contributed by atoms with Crippen LogP contribution in [0.2, 0.25) is 5.02 Å². The van der Waals surface area contributed by atoms with Crippen LogP contribution in [0, 0.1) is 0 Å². The SMILES string of the molecule is COc1ccc(-c2cc(Cl)cc3c2N[C@H](CN)CO3)cc1. The third kappa shape index (κ3) is 2.77. The van der Waals surface area contributed by atoms with E-state index in [-0.39, 0.29) is 6.04 Å². The fourth-order valence-electron chi connectivity index (χ4n) is 2.41. The van der Waals surface area contributed by atoms with Gasteiger partial charge in [-0.15, -0.1) is 0 Å². The summed E-state index contributed by atoms with van der Waals surface area (Å²) >= 11 is 6.20. The third-order valence-electron chi connectivity index (χ3n) is 3.54. The molecule has 1 aliphatic heterocycles. The fraction of sp³-hybridized carbons (Fsp3) is 0.250. The molecule has 0 amide bonds. The Morgan fingerprint density at radius 1 is 1.33 bits per heavy atom. The molecule has 0 spiro atoms. The van der Waals surface area contributed by atoms with Crippen molar-refractivity contribution < 1.29 is 9.47 Å². The van der Waals surface area contributed by atoms with E-state index in [1.165, 1.54) is 0 Å². The first-order valence-electron chi connectivity index (χ1n) is 6.78. The summed E-state index contributed by atoms with van der Waals surface area (Å²) in [6, 6.07) is 11.7. The van der Waals surface area contributed by atoms with E-state index >= 15 is 0 Å². The van der Waals surface area contributed by atoms with Crippen molar-refractivity contribution in [3.63, 3.8) is 0 Å². The normalized spacial score (nSPS) is 16.6. The molecular weight excluding hydrogens is 288 g/mol. The molecule has 0 fully saturated rings. The molecule has 0 radical (unpaired) electrons. The Morgan fingerprint density at radius 2 is 2.10 bits per heavy atom. The van der Waals surface area contributed by atoms with Gasteiger partial charge in [-0.1, -0.05) is 23.7 Å². The third-order valence-corrected chi connectivity index (χ3v) is 3.76. The van der Waals surface area contributed by atoms with E-state index in [4.69, 9.17) is 26.8 Å². The van der Waals surface area contributed by atoms with Gasteiger partial charge in [-0.2, -0.15) is 0 Å². The number of methoxy groups -OCH3 is 1. The van der Waals surface area contributed by atoms with Crippen LogP contribution < -0.4 is 20.5 Å². The van der Waals surface area contributed by atoms with Crippen molar-refractivity contribution in [1.29, 1.82) is 0 Å². The number of rotatable bonds is 3. The maximum Gasteiger partial charge on any atom is 0.144 e. The van der Waals surface area contributed by atoms with Gasteiger partial charge in [0, 0.05) is 23.2 Å². The minimum atomic E-state index is 0.107. The molecule has 1 aliphatic rings. The van der Waals surface area contributed by atoms with Crippen LogP contribution in [0.25, 0.3) is 11.1 Å². The lowest BCUT2D eigenvalue weighted by Crippen LogP contribution is -2.37. The van der Waals surface area contributed by atoms with Crippen molar-refractivity contribution in [3.8, 4) is 22.6 Å². The predicted octanol–water partition coefficient (Wildman–Crippen LogP) is 3.15. The lowest BCUT2D eigenvalue weighted by atomic mass is 10.0. The van der Waals surface area contributed by atoms with Crippen molar-refractivity contribution in [3.05, 3.63) is 41.4 Å². The van der Waals surface area contributed by atoms with E-state index < -0.39 is 0 Å². The Labute approximate surface area is 128 Å². The number of anilines is 1. The highest BCUT2D eigenvalue weighted by Crippen LogP contribution is 2.41. The van der Waals surface area contributed by atoms with Gasteiger partial charge in [-0.25, -0.2) is 0 Å². The largest absolute Gasteiger partial charge is 0.497 e. The van der Waals surface area contributed by atoms with Gasteiger partial charge in [-0.05, 0) is 23.8 Å². The van der Waals surface area contributed by atoms with Crippen LogP contribution in [0.4, 0.5) is 5.69 Å². The highest BCUT2D eigenvalue weighted by Gasteiger charge is 2.22. The molecule has 0 aromatic heterocycles. The van der Waals surface area contributed by atoms with Crippen LogP contribution in [-0.2, 0) is 0 Å². The molecule has 3 N–H and O–H groups in total. The number of fused-ring (bicyclic) bond motifs is 1. The van der Waals surface area contributed by atoms with Crippen LogP contribution in [0.15, 0.2) is 36.4 Å². The van der Waals surface area contributed by atoms with Gasteiger partial charge in [0.1, 0.15) is 18.1 Å². The van der Waals surface area contributed by atoms with Crippen molar-refractivity contribution in [2.45, 2.75) is 6.04 Å². The molecule has 0 saturated carbocycles. The summed E-state index contributed by atoms with van der Waals surface area (Å²) in [4.78, 5) is 0. The Morgan fingerprint density at radius 3 is 2.76 bits per heavy atom. The highest BCUT2D eigenvalue weighted by molar-refractivity contribution is 6.31. The Balaban J connectivity index is 2.06. The highest BCUT2D eigenvalue weighted by atomic mass is 35.5. The van der Waals surface area contributed by atoms with Gasteiger partial charge < -0.3 is 20.5 Å². The molecule has 5 heteroatoms. The Bertz CT molecular complexity index is 643. The van der Waals surface area contributed by atoms with Gasteiger partial charge in [0.25, 0.3) is 0 Å². The van der Waals surface area contributed by atoms with Crippen molar-refractivity contribution in [1.82, 2.24) is 0 Å². The second-order valence-corrected chi connectivity index (χ2v) is 5.38. The number of benzene rings is 2. The standard InChI is InChI=1S/C16H17ClN2O2/c1-20-13-4-2-10(3-5-13)14-6-11(17)7-15-16(14)19-12(8-18)9-21-15/h2-7,12,19H,8-9,18H2,1H3/t12-/m1/s1. The molecule has 4 nitrogen and oxygen atoms in total. The van der Waals surface area contributed by atoms with Crippen molar-refractivity contribution in [2.75, 3.05) is 25.6 Å². The summed E-state index contributed by atoms with van der Waals surface area (Å²) in [6.07, 6.45) is 0. The quantitative estimate of drug-likeness (QED) is 0.914. The molecule has 0 aliphatic carbocycles. The molecule has 110 valence electrons. The van der Waals surface area contributed by atoms with Crippen LogP contribution in [0.3, 0.4) is 0 Å². The number of halogens is 1. The van der Waals surface area contributed by atoms with Gasteiger partial charge in [0.2, 0.25) is 0 Å². The van der Waals surface area contributed by atoms with Crippen molar-refractivity contribution in [2.24, 2.45) is 5.73 Å². The van der Waals surface area contributed by atoms with Crippen LogP contribution >= 0.6 is 11.6 Å². The van der Waals surface area contributed by atoms with Crippen molar-refractivity contribution >= 4 is 17.3 Å². The monoisotopic (exact) mass is 304 g/mol. The predicted molar refractivity (Wildman–Crippen MR) is 85.4 cm³/mol. The number of hydrogen-bond acceptors (Lipinski definition) is 4. The molecule has 1 atom stereocenters. The average molecular weight is 305 g/mol. The molecular formula is C16H17ClN2O2. The zero-order valence-electron chi connectivity index (χ0n) is 11.7. The number of nitrogens with one attached hydrogen (secondary N) is 1. The molecule has 0 unspecified atom stereocenters. The summed E-state index contributed by atoms with van der Waals surface area (Å²) < 4.78 is 11.0. The van der Waals surface area contributed by atoms with E-state index in [9.17, 15) is 0 Å². The molecule has 1 heterocycles. The zero-order valence-corrected chi connectivity index (χ0v) is 12.5. The van der Waals surface area contributed by atoms with E-state index in [0.717, 1.165) is 28.3 Å². The maximum atomic E-state index is 6.20. The summed E-state index contributed by atoms with van der Waals surface area (Å²) in [5, 5.41) is 4.08. The van der Waals surface area contributed by atoms with Gasteiger partial charge in [0.15, 0.2) is 0 Å². The summed E-state index contributed by atoms with van der Waals surface area (Å²) in [6.45, 7) is 1.07. The van der Waals surface area contributed by atoms with Crippen LogP contribution in [-0.4, -0.2) is 26.3 Å². The Kier molecular flexibility index (Phi) is 3.90. The number of hydrogen-bond donors (Lipinski definition) is 2. The van der Waals surface area contributed by atoms with Gasteiger partial charge >= 0.3 is 0 Å². The first kappa shape index (κ1) is 14.0. The van der Waals surface area contributed by atoms with E-state index in [2.05, 4.69) is 5.32 Å². The van der Waals surface area contributed by atoms with E-state index in [1.807, 2.05) is 36.4 Å². The first-order valence-corrected chi connectivity index (χ1v) is 7.16. The van der Waals surface area contributed by atoms with Gasteiger partial charge in [-0.3, -0.25) is 0 Å². The molecule has 0 bridgehead atoms.